The maximum atomic E-state index is 12.0. The second kappa shape index (κ2) is 6.37. The van der Waals surface area contributed by atoms with Gasteiger partial charge in [0.2, 0.25) is 5.91 Å². The maximum Gasteiger partial charge on any atom is 0.246 e. The first-order chi connectivity index (χ1) is 8.66. The monoisotopic (exact) mass is 250 g/mol. The lowest BCUT2D eigenvalue weighted by Gasteiger charge is -2.36. The van der Waals surface area contributed by atoms with Gasteiger partial charge in [0.25, 0.3) is 0 Å². The zero-order chi connectivity index (χ0) is 13.0. The molecule has 2 fully saturated rings. The maximum absolute atomic E-state index is 12.0. The van der Waals surface area contributed by atoms with E-state index in [1.807, 2.05) is 11.0 Å². The van der Waals surface area contributed by atoms with Crippen LogP contribution in [0.4, 0.5) is 0 Å². The third-order valence-electron chi connectivity index (χ3n) is 4.06. The molecule has 2 heterocycles. The van der Waals surface area contributed by atoms with Crippen LogP contribution in [0.2, 0.25) is 0 Å². The Morgan fingerprint density at radius 1 is 1.11 bits per heavy atom. The molecule has 102 valence electrons. The summed E-state index contributed by atoms with van der Waals surface area (Å²) in [6.45, 7) is 8.61. The van der Waals surface area contributed by atoms with Crippen LogP contribution in [0.15, 0.2) is 12.2 Å². The van der Waals surface area contributed by atoms with E-state index in [4.69, 9.17) is 0 Å². The van der Waals surface area contributed by atoms with Crippen molar-refractivity contribution in [1.82, 2.24) is 9.80 Å². The molecule has 0 spiro atoms. The zero-order valence-electron chi connectivity index (χ0n) is 11.8. The quantitative estimate of drug-likeness (QED) is 0.718. The third kappa shape index (κ3) is 3.58. The lowest BCUT2D eigenvalue weighted by atomic mass is 10.0. The van der Waals surface area contributed by atoms with Gasteiger partial charge in [-0.1, -0.05) is 19.9 Å². The Kier molecular flexibility index (Phi) is 4.81. The van der Waals surface area contributed by atoms with E-state index in [0.717, 1.165) is 32.0 Å². The molecule has 0 aromatic heterocycles. The highest BCUT2D eigenvalue weighted by Crippen LogP contribution is 2.21. The van der Waals surface area contributed by atoms with Gasteiger partial charge < -0.3 is 9.80 Å². The Hall–Kier alpha value is -0.830. The first-order valence-corrected chi connectivity index (χ1v) is 7.38. The van der Waals surface area contributed by atoms with Crippen LogP contribution in [0, 0.1) is 5.92 Å². The van der Waals surface area contributed by atoms with Crippen LogP contribution < -0.4 is 0 Å². The standard InChI is InChI=1S/C15H26N2O/c1-13(2)5-6-15(18)17-11-7-14(8-12-17)16-9-3-4-10-16/h5-6,13-14H,3-4,7-12H2,1-2H3/b6-5+. The molecule has 2 rings (SSSR count). The smallest absolute Gasteiger partial charge is 0.246 e. The predicted octanol–water partition coefficient (Wildman–Crippen LogP) is 2.29. The summed E-state index contributed by atoms with van der Waals surface area (Å²) >= 11 is 0. The van der Waals surface area contributed by atoms with Crippen molar-refractivity contribution in [3.8, 4) is 0 Å². The van der Waals surface area contributed by atoms with Crippen molar-refractivity contribution in [3.05, 3.63) is 12.2 Å². The fourth-order valence-electron chi connectivity index (χ4n) is 2.94. The van der Waals surface area contributed by atoms with Gasteiger partial charge >= 0.3 is 0 Å². The van der Waals surface area contributed by atoms with Crippen molar-refractivity contribution in [2.45, 2.75) is 45.6 Å². The molecule has 3 heteroatoms. The highest BCUT2D eigenvalue weighted by molar-refractivity contribution is 5.87. The SMILES string of the molecule is CC(C)/C=C/C(=O)N1CCC(N2CCCC2)CC1. The summed E-state index contributed by atoms with van der Waals surface area (Å²) in [4.78, 5) is 16.6. The largest absolute Gasteiger partial charge is 0.339 e. The lowest BCUT2D eigenvalue weighted by molar-refractivity contribution is -0.127. The van der Waals surface area contributed by atoms with Crippen LogP contribution in [0.3, 0.4) is 0 Å². The molecule has 0 atom stereocenters. The number of allylic oxidation sites excluding steroid dienone is 1. The number of rotatable bonds is 3. The molecule has 0 bridgehead atoms. The summed E-state index contributed by atoms with van der Waals surface area (Å²) in [5.41, 5.74) is 0. The molecule has 0 N–H and O–H groups in total. The van der Waals surface area contributed by atoms with Crippen LogP contribution in [-0.2, 0) is 4.79 Å². The Bertz CT molecular complexity index is 298. The summed E-state index contributed by atoms with van der Waals surface area (Å²) < 4.78 is 0. The average molecular weight is 250 g/mol. The molecular formula is C15H26N2O. The van der Waals surface area contributed by atoms with E-state index in [2.05, 4.69) is 18.7 Å². The van der Waals surface area contributed by atoms with Gasteiger partial charge in [-0.15, -0.1) is 0 Å². The van der Waals surface area contributed by atoms with Gasteiger partial charge in [-0.2, -0.15) is 0 Å². The fraction of sp³-hybridized carbons (Fsp3) is 0.800. The minimum Gasteiger partial charge on any atom is -0.339 e. The van der Waals surface area contributed by atoms with E-state index in [0.29, 0.717) is 5.92 Å². The topological polar surface area (TPSA) is 23.6 Å². The van der Waals surface area contributed by atoms with Crippen molar-refractivity contribution >= 4 is 5.91 Å². The highest BCUT2D eigenvalue weighted by Gasteiger charge is 2.27. The first-order valence-electron chi connectivity index (χ1n) is 7.38. The molecule has 0 saturated carbocycles. The minimum atomic E-state index is 0.198. The van der Waals surface area contributed by atoms with Gasteiger partial charge in [0.05, 0.1) is 0 Å². The van der Waals surface area contributed by atoms with Gasteiger partial charge in [0.1, 0.15) is 0 Å². The van der Waals surface area contributed by atoms with Crippen molar-refractivity contribution in [3.63, 3.8) is 0 Å². The summed E-state index contributed by atoms with van der Waals surface area (Å²) in [5, 5.41) is 0. The van der Waals surface area contributed by atoms with Gasteiger partial charge in [-0.05, 0) is 50.8 Å². The molecule has 0 radical (unpaired) electrons. The number of nitrogens with zero attached hydrogens (tertiary/aromatic N) is 2. The third-order valence-corrected chi connectivity index (χ3v) is 4.06. The molecule has 0 unspecified atom stereocenters. The molecule has 2 aliphatic rings. The molecule has 2 saturated heterocycles. The number of likely N-dealkylation sites (tertiary alicyclic amines) is 2. The highest BCUT2D eigenvalue weighted by atomic mass is 16.2. The summed E-state index contributed by atoms with van der Waals surface area (Å²) in [5.74, 6) is 0.652. The van der Waals surface area contributed by atoms with E-state index in [1.165, 1.54) is 25.9 Å². The summed E-state index contributed by atoms with van der Waals surface area (Å²) in [6, 6.07) is 0.727. The molecular weight excluding hydrogens is 224 g/mol. The van der Waals surface area contributed by atoms with Crippen molar-refractivity contribution in [2.75, 3.05) is 26.2 Å². The van der Waals surface area contributed by atoms with Gasteiger partial charge in [-0.25, -0.2) is 0 Å². The van der Waals surface area contributed by atoms with Crippen LogP contribution >= 0.6 is 0 Å². The number of hydrogen-bond donors (Lipinski definition) is 0. The Labute approximate surface area is 111 Å². The average Bonchev–Trinajstić information content (AvgIpc) is 2.90. The number of amides is 1. The van der Waals surface area contributed by atoms with E-state index < -0.39 is 0 Å². The summed E-state index contributed by atoms with van der Waals surface area (Å²) in [7, 11) is 0. The number of hydrogen-bond acceptors (Lipinski definition) is 2. The molecule has 2 aliphatic heterocycles. The zero-order valence-corrected chi connectivity index (χ0v) is 11.8. The first kappa shape index (κ1) is 13.6. The molecule has 0 aliphatic carbocycles. The molecule has 3 nitrogen and oxygen atoms in total. The number of carbonyl (C=O) groups is 1. The number of carbonyl (C=O) groups excluding carboxylic acids is 1. The van der Waals surface area contributed by atoms with Crippen molar-refractivity contribution in [2.24, 2.45) is 5.92 Å². The second-order valence-corrected chi connectivity index (χ2v) is 5.90. The lowest BCUT2D eigenvalue weighted by Crippen LogP contribution is -2.45. The van der Waals surface area contributed by atoms with E-state index >= 15 is 0 Å². The Balaban J connectivity index is 1.77. The molecule has 18 heavy (non-hydrogen) atoms. The van der Waals surface area contributed by atoms with E-state index in [-0.39, 0.29) is 5.91 Å². The molecule has 0 aromatic rings. The molecule has 1 amide bonds. The normalized spacial score (nSPS) is 23.4. The predicted molar refractivity (Wildman–Crippen MR) is 74.4 cm³/mol. The summed E-state index contributed by atoms with van der Waals surface area (Å²) in [6.07, 6.45) is 8.77. The fourth-order valence-corrected chi connectivity index (χ4v) is 2.94. The van der Waals surface area contributed by atoms with Crippen LogP contribution in [-0.4, -0.2) is 47.9 Å². The van der Waals surface area contributed by atoms with E-state index in [9.17, 15) is 4.79 Å². The Morgan fingerprint density at radius 3 is 2.28 bits per heavy atom. The van der Waals surface area contributed by atoms with Crippen molar-refractivity contribution < 1.29 is 4.79 Å². The van der Waals surface area contributed by atoms with Gasteiger partial charge in [0, 0.05) is 19.1 Å². The van der Waals surface area contributed by atoms with Gasteiger partial charge in [0.15, 0.2) is 0 Å². The van der Waals surface area contributed by atoms with Crippen molar-refractivity contribution in [1.29, 1.82) is 0 Å². The van der Waals surface area contributed by atoms with Crippen LogP contribution in [0.25, 0.3) is 0 Å². The van der Waals surface area contributed by atoms with E-state index in [1.54, 1.807) is 6.08 Å². The van der Waals surface area contributed by atoms with Crippen LogP contribution in [0.5, 0.6) is 0 Å². The second-order valence-electron chi connectivity index (χ2n) is 5.90. The Morgan fingerprint density at radius 2 is 1.72 bits per heavy atom. The van der Waals surface area contributed by atoms with Crippen LogP contribution in [0.1, 0.15) is 39.5 Å². The minimum absolute atomic E-state index is 0.198. The number of piperidine rings is 1. The van der Waals surface area contributed by atoms with Gasteiger partial charge in [-0.3, -0.25) is 4.79 Å². The molecule has 0 aromatic carbocycles.